The van der Waals surface area contributed by atoms with Gasteiger partial charge in [-0.1, -0.05) is 0 Å². The van der Waals surface area contributed by atoms with E-state index in [4.69, 9.17) is 13.8 Å². The van der Waals surface area contributed by atoms with Crippen LogP contribution in [-0.2, 0) is 23.1 Å². The largest absolute Gasteiger partial charge is 0.458 e. The molecule has 0 fully saturated rings. The number of allylic oxidation sites excluding steroid dienone is 1. The molecule has 0 aliphatic heterocycles. The SMILES string of the molecule is CCOP(=O)(OCC)C1=C[C@H](OC(C)=O)CC1. The van der Waals surface area contributed by atoms with Crippen LogP contribution in [0.3, 0.4) is 0 Å². The summed E-state index contributed by atoms with van der Waals surface area (Å²) in [6, 6.07) is 0. The summed E-state index contributed by atoms with van der Waals surface area (Å²) >= 11 is 0. The van der Waals surface area contributed by atoms with Gasteiger partial charge in [0.25, 0.3) is 0 Å². The van der Waals surface area contributed by atoms with Crippen LogP contribution in [0.2, 0.25) is 0 Å². The number of esters is 1. The summed E-state index contributed by atoms with van der Waals surface area (Å²) in [5.74, 6) is -0.338. The van der Waals surface area contributed by atoms with Gasteiger partial charge < -0.3 is 13.8 Å². The molecule has 0 saturated carbocycles. The Hall–Kier alpha value is -0.640. The molecule has 5 nitrogen and oxygen atoms in total. The highest BCUT2D eigenvalue weighted by atomic mass is 31.2. The van der Waals surface area contributed by atoms with Crippen molar-refractivity contribution in [3.63, 3.8) is 0 Å². The highest BCUT2D eigenvalue weighted by Crippen LogP contribution is 2.59. The van der Waals surface area contributed by atoms with Gasteiger partial charge in [-0.25, -0.2) is 0 Å². The zero-order valence-corrected chi connectivity index (χ0v) is 11.4. The van der Waals surface area contributed by atoms with Crippen molar-refractivity contribution in [2.75, 3.05) is 13.2 Å². The van der Waals surface area contributed by atoms with Gasteiger partial charge in [-0.05, 0) is 32.8 Å². The Morgan fingerprint density at radius 2 is 2.00 bits per heavy atom. The number of carbonyl (C=O) groups excluding carboxylic acids is 1. The number of ether oxygens (including phenoxy) is 1. The highest BCUT2D eigenvalue weighted by molar-refractivity contribution is 7.58. The Balaban J connectivity index is 2.76. The van der Waals surface area contributed by atoms with Crippen molar-refractivity contribution in [3.8, 4) is 0 Å². The maximum Gasteiger partial charge on any atom is 0.357 e. The summed E-state index contributed by atoms with van der Waals surface area (Å²) in [5.41, 5.74) is 0. The molecule has 0 aromatic rings. The minimum atomic E-state index is -3.18. The minimum absolute atomic E-state index is 0.309. The lowest BCUT2D eigenvalue weighted by atomic mass is 10.3. The third kappa shape index (κ3) is 3.95. The van der Waals surface area contributed by atoms with Gasteiger partial charge in [-0.3, -0.25) is 9.36 Å². The monoisotopic (exact) mass is 262 g/mol. The molecule has 0 bridgehead atoms. The molecular formula is C11H19O5P. The molecule has 6 heteroatoms. The van der Waals surface area contributed by atoms with Crippen molar-refractivity contribution >= 4 is 13.6 Å². The Kier molecular flexibility index (Phi) is 5.37. The summed E-state index contributed by atoms with van der Waals surface area (Å²) in [4.78, 5) is 10.8. The molecule has 1 atom stereocenters. The van der Waals surface area contributed by atoms with Crippen molar-refractivity contribution < 1.29 is 23.1 Å². The number of rotatable bonds is 6. The number of carbonyl (C=O) groups is 1. The van der Waals surface area contributed by atoms with Crippen LogP contribution in [-0.4, -0.2) is 25.3 Å². The van der Waals surface area contributed by atoms with Gasteiger partial charge in [0.05, 0.1) is 13.2 Å². The molecule has 0 N–H and O–H groups in total. The molecule has 1 rings (SSSR count). The van der Waals surface area contributed by atoms with Gasteiger partial charge in [-0.15, -0.1) is 0 Å². The van der Waals surface area contributed by atoms with Crippen LogP contribution < -0.4 is 0 Å². The number of hydrogen-bond donors (Lipinski definition) is 0. The molecule has 0 spiro atoms. The van der Waals surface area contributed by atoms with Gasteiger partial charge in [0.1, 0.15) is 6.10 Å². The van der Waals surface area contributed by atoms with Gasteiger partial charge >= 0.3 is 13.6 Å². The molecule has 17 heavy (non-hydrogen) atoms. The van der Waals surface area contributed by atoms with Gasteiger partial charge in [0.15, 0.2) is 0 Å². The predicted octanol–water partition coefficient (Wildman–Crippen LogP) is 2.86. The van der Waals surface area contributed by atoms with Crippen LogP contribution in [0, 0.1) is 0 Å². The summed E-state index contributed by atoms with van der Waals surface area (Å²) < 4.78 is 27.9. The van der Waals surface area contributed by atoms with Crippen LogP contribution >= 0.6 is 7.60 Å². The van der Waals surface area contributed by atoms with Crippen LogP contribution in [0.1, 0.15) is 33.6 Å². The maximum atomic E-state index is 12.4. The van der Waals surface area contributed by atoms with Crippen LogP contribution in [0.5, 0.6) is 0 Å². The Labute approximate surface area is 102 Å². The van der Waals surface area contributed by atoms with E-state index in [1.165, 1.54) is 6.92 Å². The summed E-state index contributed by atoms with van der Waals surface area (Å²) in [7, 11) is -3.18. The van der Waals surface area contributed by atoms with E-state index in [2.05, 4.69) is 0 Å². The quantitative estimate of drug-likeness (QED) is 0.544. The highest BCUT2D eigenvalue weighted by Gasteiger charge is 2.34. The van der Waals surface area contributed by atoms with Gasteiger partial charge in [0, 0.05) is 12.2 Å². The van der Waals surface area contributed by atoms with Crippen molar-refractivity contribution in [1.29, 1.82) is 0 Å². The fourth-order valence-electron chi connectivity index (χ4n) is 1.75. The third-order valence-electron chi connectivity index (χ3n) is 2.33. The second kappa shape index (κ2) is 6.34. The Morgan fingerprint density at radius 1 is 1.41 bits per heavy atom. The van der Waals surface area contributed by atoms with Crippen molar-refractivity contribution in [2.45, 2.75) is 39.7 Å². The third-order valence-corrected chi connectivity index (χ3v) is 4.60. The Bertz CT molecular complexity index is 340. The lowest BCUT2D eigenvalue weighted by Crippen LogP contribution is -2.10. The maximum absolute atomic E-state index is 12.4. The van der Waals surface area contributed by atoms with E-state index in [0.29, 0.717) is 31.4 Å². The molecule has 1 aliphatic rings. The summed E-state index contributed by atoms with van der Waals surface area (Å²) in [5, 5.41) is 0.618. The predicted molar refractivity (Wildman–Crippen MR) is 63.7 cm³/mol. The molecular weight excluding hydrogens is 243 g/mol. The molecule has 0 aromatic heterocycles. The Morgan fingerprint density at radius 3 is 2.47 bits per heavy atom. The standard InChI is InChI=1S/C11H19O5P/c1-4-14-17(13,15-5-2)11-7-6-10(8-11)16-9(3)12/h8,10H,4-7H2,1-3H3/t10-/m1/s1. The van der Waals surface area contributed by atoms with E-state index in [1.54, 1.807) is 19.9 Å². The molecule has 0 amide bonds. The van der Waals surface area contributed by atoms with Crippen LogP contribution in [0.25, 0.3) is 0 Å². The number of hydrogen-bond acceptors (Lipinski definition) is 5. The van der Waals surface area contributed by atoms with Crippen molar-refractivity contribution in [1.82, 2.24) is 0 Å². The zero-order valence-electron chi connectivity index (χ0n) is 10.5. The second-order valence-electron chi connectivity index (χ2n) is 3.68. The fraction of sp³-hybridized carbons (Fsp3) is 0.727. The smallest absolute Gasteiger partial charge is 0.357 e. The average molecular weight is 262 g/mol. The first-order valence-corrected chi connectivity index (χ1v) is 7.33. The molecule has 1 aliphatic carbocycles. The van der Waals surface area contributed by atoms with Gasteiger partial charge in [0.2, 0.25) is 0 Å². The van der Waals surface area contributed by atoms with E-state index >= 15 is 0 Å². The summed E-state index contributed by atoms with van der Waals surface area (Å²) in [6.45, 7) is 5.55. The topological polar surface area (TPSA) is 61.8 Å². The van der Waals surface area contributed by atoms with Crippen LogP contribution in [0.4, 0.5) is 0 Å². The van der Waals surface area contributed by atoms with Gasteiger partial charge in [-0.2, -0.15) is 0 Å². The first-order chi connectivity index (χ1) is 8.01. The van der Waals surface area contributed by atoms with E-state index in [-0.39, 0.29) is 12.1 Å². The van der Waals surface area contributed by atoms with Crippen molar-refractivity contribution in [3.05, 3.63) is 11.4 Å². The van der Waals surface area contributed by atoms with Crippen LogP contribution in [0.15, 0.2) is 11.4 Å². The first kappa shape index (κ1) is 14.4. The first-order valence-electron chi connectivity index (χ1n) is 5.79. The molecule has 0 aromatic carbocycles. The molecule has 98 valence electrons. The molecule has 0 radical (unpaired) electrons. The molecule has 0 heterocycles. The molecule has 0 saturated heterocycles. The second-order valence-corrected chi connectivity index (χ2v) is 5.76. The zero-order chi connectivity index (χ0) is 12.9. The lowest BCUT2D eigenvalue weighted by molar-refractivity contribution is -0.144. The van der Waals surface area contributed by atoms with Crippen molar-refractivity contribution in [2.24, 2.45) is 0 Å². The van der Waals surface area contributed by atoms with E-state index < -0.39 is 7.60 Å². The normalized spacial score (nSPS) is 20.2. The van der Waals surface area contributed by atoms with E-state index in [1.807, 2.05) is 0 Å². The van der Waals surface area contributed by atoms with E-state index in [0.717, 1.165) is 0 Å². The molecule has 0 unspecified atom stereocenters. The minimum Gasteiger partial charge on any atom is -0.458 e. The summed E-state index contributed by atoms with van der Waals surface area (Å²) in [6.07, 6.45) is 2.60. The van der Waals surface area contributed by atoms with E-state index in [9.17, 15) is 9.36 Å². The fourth-order valence-corrected chi connectivity index (χ4v) is 3.59. The lowest BCUT2D eigenvalue weighted by Gasteiger charge is -2.17. The average Bonchev–Trinajstić information content (AvgIpc) is 2.66.